The highest BCUT2D eigenvalue weighted by Crippen LogP contribution is 2.13. The monoisotopic (exact) mass is 258 g/mol. The number of nitrogens with zero attached hydrogens (tertiary/aromatic N) is 2. The number of rotatable bonds is 6. The molecular formula is C10H18N4O2S. The molecule has 1 aromatic heterocycles. The topological polar surface area (TPSA) is 88.3 Å². The highest BCUT2D eigenvalue weighted by Gasteiger charge is 2.17. The van der Waals surface area contributed by atoms with Gasteiger partial charge in [-0.25, -0.2) is 0 Å². The molecule has 0 saturated carbocycles. The Balaban J connectivity index is 2.76. The van der Waals surface area contributed by atoms with Gasteiger partial charge < -0.3 is 5.73 Å². The van der Waals surface area contributed by atoms with Crippen molar-refractivity contribution in [3.8, 4) is 0 Å². The maximum atomic E-state index is 11.9. The molecule has 7 heteroatoms. The molecule has 1 rings (SSSR count). The number of anilines is 1. The first-order valence-electron chi connectivity index (χ1n) is 5.33. The standard InChI is InChI=1S/C10H18N4O2S/c1-9-10(5-3-7-12-9)13-17(15,16)14(2)8-4-6-11/h3,5,7,13H,4,6,8,11H2,1-2H3. The first-order valence-corrected chi connectivity index (χ1v) is 6.77. The van der Waals surface area contributed by atoms with Crippen LogP contribution in [-0.4, -0.2) is 37.8 Å². The molecule has 1 heterocycles. The molecule has 0 fully saturated rings. The summed E-state index contributed by atoms with van der Waals surface area (Å²) < 4.78 is 27.5. The normalized spacial score (nSPS) is 11.8. The maximum absolute atomic E-state index is 11.9. The van der Waals surface area contributed by atoms with Crippen LogP contribution in [0.25, 0.3) is 0 Å². The third kappa shape index (κ3) is 3.95. The van der Waals surface area contributed by atoms with E-state index >= 15 is 0 Å². The summed E-state index contributed by atoms with van der Waals surface area (Å²) in [4.78, 5) is 4.02. The van der Waals surface area contributed by atoms with Gasteiger partial charge in [-0.05, 0) is 32.0 Å². The van der Waals surface area contributed by atoms with Gasteiger partial charge in [0.05, 0.1) is 11.4 Å². The average Bonchev–Trinajstić information content (AvgIpc) is 2.28. The van der Waals surface area contributed by atoms with Crippen LogP contribution in [0.5, 0.6) is 0 Å². The van der Waals surface area contributed by atoms with Crippen molar-refractivity contribution in [3.05, 3.63) is 24.0 Å². The van der Waals surface area contributed by atoms with E-state index < -0.39 is 10.2 Å². The largest absolute Gasteiger partial charge is 0.330 e. The molecule has 0 aliphatic rings. The van der Waals surface area contributed by atoms with Crippen molar-refractivity contribution >= 4 is 15.9 Å². The number of hydrogen-bond acceptors (Lipinski definition) is 4. The second-order valence-electron chi connectivity index (χ2n) is 3.71. The summed E-state index contributed by atoms with van der Waals surface area (Å²) in [5.74, 6) is 0. The zero-order chi connectivity index (χ0) is 12.9. The number of nitrogens with two attached hydrogens (primary N) is 1. The molecule has 0 amide bonds. The Bertz CT molecular complexity index is 461. The Morgan fingerprint density at radius 2 is 2.24 bits per heavy atom. The summed E-state index contributed by atoms with van der Waals surface area (Å²) >= 11 is 0. The van der Waals surface area contributed by atoms with Gasteiger partial charge in [0.15, 0.2) is 0 Å². The van der Waals surface area contributed by atoms with Gasteiger partial charge in [0.2, 0.25) is 0 Å². The molecular weight excluding hydrogens is 240 g/mol. The Hall–Kier alpha value is -1.18. The van der Waals surface area contributed by atoms with Gasteiger partial charge in [-0.3, -0.25) is 9.71 Å². The molecule has 0 aliphatic carbocycles. The van der Waals surface area contributed by atoms with Crippen LogP contribution >= 0.6 is 0 Å². The van der Waals surface area contributed by atoms with E-state index in [0.29, 0.717) is 30.9 Å². The smallest absolute Gasteiger partial charge is 0.301 e. The van der Waals surface area contributed by atoms with Gasteiger partial charge in [-0.15, -0.1) is 0 Å². The predicted octanol–water partition coefficient (Wildman–Crippen LogP) is 0.327. The maximum Gasteiger partial charge on any atom is 0.301 e. The lowest BCUT2D eigenvalue weighted by molar-refractivity contribution is 0.468. The molecule has 96 valence electrons. The number of aryl methyl sites for hydroxylation is 1. The van der Waals surface area contributed by atoms with Crippen LogP contribution in [0.2, 0.25) is 0 Å². The van der Waals surface area contributed by atoms with E-state index in [9.17, 15) is 8.42 Å². The molecule has 3 N–H and O–H groups in total. The third-order valence-corrected chi connectivity index (χ3v) is 3.81. The van der Waals surface area contributed by atoms with Crippen molar-refractivity contribution in [1.29, 1.82) is 0 Å². The molecule has 0 atom stereocenters. The highest BCUT2D eigenvalue weighted by atomic mass is 32.2. The first-order chi connectivity index (χ1) is 7.97. The molecule has 0 bridgehead atoms. The Labute approximate surface area is 102 Å². The van der Waals surface area contributed by atoms with E-state index in [2.05, 4.69) is 9.71 Å². The van der Waals surface area contributed by atoms with Crippen LogP contribution < -0.4 is 10.5 Å². The Morgan fingerprint density at radius 3 is 2.82 bits per heavy atom. The van der Waals surface area contributed by atoms with E-state index in [4.69, 9.17) is 5.73 Å². The van der Waals surface area contributed by atoms with Crippen LogP contribution in [-0.2, 0) is 10.2 Å². The van der Waals surface area contributed by atoms with Crippen LogP contribution in [0.15, 0.2) is 18.3 Å². The van der Waals surface area contributed by atoms with Crippen LogP contribution in [0, 0.1) is 6.92 Å². The summed E-state index contributed by atoms with van der Waals surface area (Å²) in [6, 6.07) is 3.36. The van der Waals surface area contributed by atoms with Crippen molar-refractivity contribution in [2.75, 3.05) is 24.9 Å². The quantitative estimate of drug-likeness (QED) is 0.769. The first kappa shape index (κ1) is 13.9. The van der Waals surface area contributed by atoms with E-state index in [-0.39, 0.29) is 0 Å². The fraction of sp³-hybridized carbons (Fsp3) is 0.500. The van der Waals surface area contributed by atoms with Crippen molar-refractivity contribution in [2.45, 2.75) is 13.3 Å². The zero-order valence-corrected chi connectivity index (χ0v) is 10.9. The molecule has 0 unspecified atom stereocenters. The Kier molecular flexibility index (Phi) is 4.86. The van der Waals surface area contributed by atoms with Crippen molar-refractivity contribution in [3.63, 3.8) is 0 Å². The lowest BCUT2D eigenvalue weighted by Gasteiger charge is -2.18. The molecule has 0 radical (unpaired) electrons. The van der Waals surface area contributed by atoms with Crippen molar-refractivity contribution in [1.82, 2.24) is 9.29 Å². The van der Waals surface area contributed by atoms with Gasteiger partial charge in [-0.2, -0.15) is 12.7 Å². The number of aromatic nitrogens is 1. The number of pyridine rings is 1. The van der Waals surface area contributed by atoms with Gasteiger partial charge in [-0.1, -0.05) is 0 Å². The van der Waals surface area contributed by atoms with Gasteiger partial charge in [0, 0.05) is 19.8 Å². The molecule has 0 spiro atoms. The molecule has 6 nitrogen and oxygen atoms in total. The van der Waals surface area contributed by atoms with Crippen LogP contribution in [0.4, 0.5) is 5.69 Å². The predicted molar refractivity (Wildman–Crippen MR) is 67.8 cm³/mol. The van der Waals surface area contributed by atoms with E-state index in [1.54, 1.807) is 25.3 Å². The summed E-state index contributed by atoms with van der Waals surface area (Å²) in [6.45, 7) is 2.61. The van der Waals surface area contributed by atoms with E-state index in [0.717, 1.165) is 0 Å². The fourth-order valence-corrected chi connectivity index (χ4v) is 2.26. The molecule has 0 aromatic carbocycles. The molecule has 1 aromatic rings. The van der Waals surface area contributed by atoms with Crippen molar-refractivity contribution < 1.29 is 8.42 Å². The summed E-state index contributed by atoms with van der Waals surface area (Å²) in [6.07, 6.45) is 2.24. The zero-order valence-electron chi connectivity index (χ0n) is 10.0. The third-order valence-electron chi connectivity index (χ3n) is 2.33. The number of nitrogens with one attached hydrogen (secondary N) is 1. The summed E-state index contributed by atoms with van der Waals surface area (Å²) in [5, 5.41) is 0. The van der Waals surface area contributed by atoms with E-state index in [1.165, 1.54) is 11.4 Å². The molecule has 17 heavy (non-hydrogen) atoms. The minimum atomic E-state index is -3.52. The van der Waals surface area contributed by atoms with Crippen LogP contribution in [0.3, 0.4) is 0 Å². The molecule has 0 aliphatic heterocycles. The summed E-state index contributed by atoms with van der Waals surface area (Å²) in [5.41, 5.74) is 6.48. The average molecular weight is 258 g/mol. The van der Waals surface area contributed by atoms with Gasteiger partial charge in [0.1, 0.15) is 0 Å². The Morgan fingerprint density at radius 1 is 1.53 bits per heavy atom. The lowest BCUT2D eigenvalue weighted by atomic mass is 10.3. The second-order valence-corrected chi connectivity index (χ2v) is 5.48. The van der Waals surface area contributed by atoms with Gasteiger partial charge in [0.25, 0.3) is 0 Å². The van der Waals surface area contributed by atoms with E-state index in [1.807, 2.05) is 0 Å². The van der Waals surface area contributed by atoms with Gasteiger partial charge >= 0.3 is 10.2 Å². The summed E-state index contributed by atoms with van der Waals surface area (Å²) in [7, 11) is -2.00. The lowest BCUT2D eigenvalue weighted by Crippen LogP contribution is -2.34. The number of hydrogen-bond donors (Lipinski definition) is 2. The molecule has 0 saturated heterocycles. The minimum Gasteiger partial charge on any atom is -0.330 e. The second kappa shape index (κ2) is 5.95. The SMILES string of the molecule is Cc1ncccc1NS(=O)(=O)N(C)CCCN. The van der Waals surface area contributed by atoms with Crippen molar-refractivity contribution in [2.24, 2.45) is 5.73 Å². The minimum absolute atomic E-state index is 0.394. The van der Waals surface area contributed by atoms with Crippen LogP contribution in [0.1, 0.15) is 12.1 Å². The highest BCUT2D eigenvalue weighted by molar-refractivity contribution is 7.90. The fourth-order valence-electron chi connectivity index (χ4n) is 1.24.